The van der Waals surface area contributed by atoms with Crippen LogP contribution in [0.25, 0.3) is 87.6 Å². The Labute approximate surface area is 267 Å². The van der Waals surface area contributed by atoms with Crippen LogP contribution >= 0.6 is 0 Å². The van der Waals surface area contributed by atoms with Gasteiger partial charge in [-0.3, -0.25) is 0 Å². The van der Waals surface area contributed by atoms with Crippen molar-refractivity contribution in [1.29, 1.82) is 0 Å². The maximum absolute atomic E-state index is 9.59. The molecule has 0 bridgehead atoms. The van der Waals surface area contributed by atoms with E-state index < -0.39 is 83.6 Å². The highest BCUT2D eigenvalue weighted by molar-refractivity contribution is 6.21. The first kappa shape index (κ1) is 14.5. The molecule has 0 atom stereocenters. The molecule has 0 radical (unpaired) electrons. The predicted octanol–water partition coefficient (Wildman–Crippen LogP) is 12.0. The van der Waals surface area contributed by atoms with Crippen molar-refractivity contribution in [3.05, 3.63) is 157 Å². The number of benzene rings is 8. The first-order chi connectivity index (χ1) is 26.8. The maximum Gasteiger partial charge on any atom is 0.135 e. The van der Waals surface area contributed by atoms with Gasteiger partial charge in [0.2, 0.25) is 0 Å². The largest absolute Gasteiger partial charge is 0.456 e. The molecule has 0 amide bonds. The van der Waals surface area contributed by atoms with Gasteiger partial charge in [0.1, 0.15) is 11.2 Å². The number of furan rings is 1. The SMILES string of the molecule is [2H]c1c([2H])c([2H])c2c(oc3c([2H])c([2H])c(-c4c([2H])c([2H])c5c([2H])c(-c6c7ccccc7c(-c7ccccc7)c7ccccc67)c([2H])c([2H])c5c4[2H])c([2H])c32)c1[2H]. The third-order valence-electron chi connectivity index (χ3n) is 7.75. The lowest BCUT2D eigenvalue weighted by molar-refractivity contribution is 0.669. The Morgan fingerprint density at radius 1 is 0.372 bits per heavy atom. The lowest BCUT2D eigenvalue weighted by Crippen LogP contribution is -1.90. The van der Waals surface area contributed by atoms with Gasteiger partial charge in [-0.2, -0.15) is 0 Å². The topological polar surface area (TPSA) is 13.1 Å². The van der Waals surface area contributed by atoms with Gasteiger partial charge in [0, 0.05) is 10.8 Å². The van der Waals surface area contributed by atoms with Gasteiger partial charge in [-0.05, 0) is 95.9 Å². The molecule has 0 N–H and O–H groups in total. The summed E-state index contributed by atoms with van der Waals surface area (Å²) in [6, 6.07) is 17.8. The first-order valence-electron chi connectivity index (χ1n) is 20.2. The number of hydrogen-bond donors (Lipinski definition) is 0. The molecule has 1 heteroatoms. The van der Waals surface area contributed by atoms with E-state index in [9.17, 15) is 9.60 Å². The van der Waals surface area contributed by atoms with Gasteiger partial charge < -0.3 is 4.42 Å². The van der Waals surface area contributed by atoms with E-state index in [0.29, 0.717) is 16.3 Å². The van der Waals surface area contributed by atoms with Gasteiger partial charge in [-0.1, -0.05) is 127 Å². The minimum Gasteiger partial charge on any atom is -0.456 e. The quantitative estimate of drug-likeness (QED) is 0.196. The summed E-state index contributed by atoms with van der Waals surface area (Å²) in [5.41, 5.74) is 0.878. The van der Waals surface area contributed by atoms with Gasteiger partial charge >= 0.3 is 0 Å². The second-order valence-corrected chi connectivity index (χ2v) is 10.2. The van der Waals surface area contributed by atoms with Crippen LogP contribution in [0.4, 0.5) is 0 Å². The molecule has 43 heavy (non-hydrogen) atoms. The molecule has 0 unspecified atom stereocenters. The normalized spacial score (nSPS) is 16.0. The number of para-hydroxylation sites is 1. The van der Waals surface area contributed by atoms with Crippen LogP contribution in [0.2, 0.25) is 0 Å². The van der Waals surface area contributed by atoms with Crippen LogP contribution in [0.5, 0.6) is 0 Å². The molecule has 1 nitrogen and oxygen atoms in total. The molecule has 1 aromatic heterocycles. The fraction of sp³-hybridized carbons (Fsp3) is 0. The molecule has 1 heterocycles. The summed E-state index contributed by atoms with van der Waals surface area (Å²) in [5, 5.41) is 2.11. The van der Waals surface area contributed by atoms with Crippen LogP contribution in [-0.4, -0.2) is 0 Å². The highest BCUT2D eigenvalue weighted by Crippen LogP contribution is 2.44. The third-order valence-corrected chi connectivity index (χ3v) is 7.75. The standard InChI is InChI=1S/C42H26O/c1-2-10-27(11-3-1)41-34-13-4-6-15-36(34)42(37-16-7-5-14-35(37)41)32-21-20-28-24-29(18-19-30(28)25-32)31-22-23-40-38(26-31)33-12-8-9-17-39(33)43-40/h1-26H/i8D,9D,12D,17D,18D,19D,20D,21D,22D,23D,24D,25D,26D. The summed E-state index contributed by atoms with van der Waals surface area (Å²) in [5.74, 6) is 0. The van der Waals surface area contributed by atoms with Crippen LogP contribution < -0.4 is 0 Å². The molecule has 200 valence electrons. The minimum absolute atomic E-state index is 0.0470. The van der Waals surface area contributed by atoms with Crippen molar-refractivity contribution in [3.8, 4) is 33.4 Å². The molecule has 0 aliphatic heterocycles. The van der Waals surface area contributed by atoms with E-state index >= 15 is 0 Å². The molecule has 8 aromatic carbocycles. The van der Waals surface area contributed by atoms with Gasteiger partial charge in [-0.15, -0.1) is 0 Å². The molecule has 0 spiro atoms. The molecule has 0 aliphatic carbocycles. The zero-order chi connectivity index (χ0) is 39.6. The lowest BCUT2D eigenvalue weighted by atomic mass is 9.85. The Kier molecular flexibility index (Phi) is 3.18. The Bertz CT molecular complexity index is 3170. The van der Waals surface area contributed by atoms with Crippen LogP contribution in [0, 0.1) is 0 Å². The Hall–Kier alpha value is -5.66. The Morgan fingerprint density at radius 3 is 1.58 bits per heavy atom. The number of fused-ring (bicyclic) bond motifs is 6. The van der Waals surface area contributed by atoms with E-state index in [1.165, 1.54) is 0 Å². The van der Waals surface area contributed by atoms with Crippen molar-refractivity contribution in [1.82, 2.24) is 0 Å². The fourth-order valence-corrected chi connectivity index (χ4v) is 5.87. The average molecular weight is 560 g/mol. The summed E-state index contributed by atoms with van der Waals surface area (Å²) in [4.78, 5) is 0. The molecular weight excluding hydrogens is 520 g/mol. The third kappa shape index (κ3) is 3.79. The monoisotopic (exact) mass is 559 g/mol. The highest BCUT2D eigenvalue weighted by Gasteiger charge is 2.16. The van der Waals surface area contributed by atoms with E-state index in [1.54, 1.807) is 0 Å². The van der Waals surface area contributed by atoms with Gasteiger partial charge in [0.05, 0.1) is 17.8 Å². The minimum atomic E-state index is -0.658. The molecule has 9 aromatic rings. The van der Waals surface area contributed by atoms with Gasteiger partial charge in [0.25, 0.3) is 0 Å². The molecule has 0 saturated heterocycles. The first-order valence-corrected chi connectivity index (χ1v) is 13.7. The summed E-state index contributed by atoms with van der Waals surface area (Å²) >= 11 is 0. The molecule has 9 rings (SSSR count). The number of rotatable bonds is 3. The Balaban J connectivity index is 1.39. The van der Waals surface area contributed by atoms with Gasteiger partial charge in [-0.25, -0.2) is 0 Å². The van der Waals surface area contributed by atoms with Crippen molar-refractivity contribution in [2.24, 2.45) is 0 Å². The van der Waals surface area contributed by atoms with Crippen molar-refractivity contribution in [2.45, 2.75) is 0 Å². The second kappa shape index (κ2) is 9.44. The molecule has 0 fully saturated rings. The highest BCUT2D eigenvalue weighted by atomic mass is 16.3. The summed E-state index contributed by atoms with van der Waals surface area (Å²) in [6.45, 7) is 0. The van der Waals surface area contributed by atoms with E-state index in [2.05, 4.69) is 0 Å². The summed E-state index contributed by atoms with van der Waals surface area (Å²) in [7, 11) is 0. The second-order valence-electron chi connectivity index (χ2n) is 10.2. The van der Waals surface area contributed by atoms with Crippen molar-refractivity contribution in [2.75, 3.05) is 0 Å². The zero-order valence-electron chi connectivity index (χ0n) is 35.4. The van der Waals surface area contributed by atoms with Gasteiger partial charge in [0.15, 0.2) is 0 Å². The van der Waals surface area contributed by atoms with Crippen LogP contribution in [0.1, 0.15) is 17.8 Å². The summed E-state index contributed by atoms with van der Waals surface area (Å²) in [6.07, 6.45) is 0. The zero-order valence-corrected chi connectivity index (χ0v) is 22.4. The Morgan fingerprint density at radius 2 is 0.884 bits per heavy atom. The van der Waals surface area contributed by atoms with Crippen LogP contribution in [0.3, 0.4) is 0 Å². The van der Waals surface area contributed by atoms with E-state index in [-0.39, 0.29) is 44.3 Å². The van der Waals surface area contributed by atoms with E-state index in [0.717, 1.165) is 21.9 Å². The number of hydrogen-bond acceptors (Lipinski definition) is 1. The molecular formula is C42H26O. The predicted molar refractivity (Wildman–Crippen MR) is 183 cm³/mol. The van der Waals surface area contributed by atoms with E-state index in [1.807, 2.05) is 78.9 Å². The fourth-order valence-electron chi connectivity index (χ4n) is 5.87. The maximum atomic E-state index is 9.59. The smallest absolute Gasteiger partial charge is 0.135 e. The molecule has 0 aliphatic rings. The summed E-state index contributed by atoms with van der Waals surface area (Å²) < 4.78 is 122. The van der Waals surface area contributed by atoms with Crippen molar-refractivity contribution >= 4 is 54.3 Å². The lowest BCUT2D eigenvalue weighted by Gasteiger charge is -2.18. The van der Waals surface area contributed by atoms with Crippen molar-refractivity contribution in [3.63, 3.8) is 0 Å². The van der Waals surface area contributed by atoms with Crippen LogP contribution in [-0.2, 0) is 0 Å². The molecule has 0 saturated carbocycles. The van der Waals surface area contributed by atoms with Crippen LogP contribution in [0.15, 0.2) is 162 Å². The average Bonchev–Trinajstić information content (AvgIpc) is 3.62. The van der Waals surface area contributed by atoms with Crippen molar-refractivity contribution < 1.29 is 22.2 Å². The van der Waals surface area contributed by atoms with E-state index in [4.69, 9.17) is 12.6 Å².